The van der Waals surface area contributed by atoms with Crippen LogP contribution in [0, 0.1) is 5.41 Å². The van der Waals surface area contributed by atoms with Crippen LogP contribution in [0.3, 0.4) is 0 Å². The first-order valence-electron chi connectivity index (χ1n) is 12.6. The average Bonchev–Trinajstić information content (AvgIpc) is 3.14. The average molecular weight is 554 g/mol. The number of para-hydroxylation sites is 2. The van der Waals surface area contributed by atoms with Crippen molar-refractivity contribution in [2.75, 3.05) is 0 Å². The summed E-state index contributed by atoms with van der Waals surface area (Å²) in [6.07, 6.45) is -6.69. The number of aromatic nitrogens is 2. The summed E-state index contributed by atoms with van der Waals surface area (Å²) in [6.45, 7) is 6.72. The van der Waals surface area contributed by atoms with Crippen LogP contribution in [0.5, 0.6) is 5.75 Å². The Morgan fingerprint density at radius 3 is 2.10 bits per heavy atom. The minimum absolute atomic E-state index is 0.0981. The van der Waals surface area contributed by atoms with Crippen LogP contribution >= 0.6 is 0 Å². The monoisotopic (exact) mass is 553 g/mol. The van der Waals surface area contributed by atoms with Crippen molar-refractivity contribution in [3.63, 3.8) is 0 Å². The maximum atomic E-state index is 13.6. The summed E-state index contributed by atoms with van der Waals surface area (Å²) in [6, 6.07) is 19.7. The Hall–Kier alpha value is -4.34. The molecule has 1 aromatic heterocycles. The zero-order valence-electron chi connectivity index (χ0n) is 22.5. The van der Waals surface area contributed by atoms with Crippen molar-refractivity contribution in [3.8, 4) is 5.75 Å². The molecule has 0 spiro atoms. The highest BCUT2D eigenvalue weighted by Crippen LogP contribution is 2.39. The maximum absolute atomic E-state index is 13.6. The van der Waals surface area contributed by atoms with Crippen molar-refractivity contribution >= 4 is 22.8 Å². The van der Waals surface area contributed by atoms with E-state index in [2.05, 4.69) is 4.74 Å². The number of halogens is 3. The quantitative estimate of drug-likeness (QED) is 0.216. The number of benzene rings is 3. The molecule has 0 aliphatic rings. The fourth-order valence-electron chi connectivity index (χ4n) is 4.61. The Morgan fingerprint density at radius 2 is 1.52 bits per heavy atom. The lowest BCUT2D eigenvalue weighted by Gasteiger charge is -2.25. The molecule has 1 unspecified atom stereocenters. The van der Waals surface area contributed by atoms with Crippen LogP contribution in [0.2, 0.25) is 0 Å². The number of ketones is 1. The van der Waals surface area contributed by atoms with Gasteiger partial charge in [0, 0.05) is 16.7 Å². The Kier molecular flexibility index (Phi) is 7.65. The smallest absolute Gasteiger partial charge is 0.490 e. The molecule has 0 radical (unpaired) electrons. The summed E-state index contributed by atoms with van der Waals surface area (Å²) in [5.74, 6) is -3.17. The van der Waals surface area contributed by atoms with Crippen molar-refractivity contribution in [1.29, 1.82) is 5.41 Å². The molecule has 2 N–H and O–H groups in total. The van der Waals surface area contributed by atoms with Gasteiger partial charge in [-0.15, -0.1) is 0 Å². The molecular weight excluding hydrogens is 523 g/mol. The Balaban J connectivity index is 1.76. The summed E-state index contributed by atoms with van der Waals surface area (Å²) < 4.78 is 46.4. The van der Waals surface area contributed by atoms with E-state index in [9.17, 15) is 27.9 Å². The Bertz CT molecular complexity index is 1630. The molecule has 1 atom stereocenters. The summed E-state index contributed by atoms with van der Waals surface area (Å²) in [5, 5.41) is 19.8. The Morgan fingerprint density at radius 1 is 0.950 bits per heavy atom. The number of phenols is 1. The van der Waals surface area contributed by atoms with Gasteiger partial charge in [0.2, 0.25) is 5.62 Å². The van der Waals surface area contributed by atoms with Gasteiger partial charge in [0.15, 0.2) is 5.78 Å². The lowest BCUT2D eigenvalue weighted by molar-refractivity contribution is -0.204. The lowest BCUT2D eigenvalue weighted by Crippen LogP contribution is -2.28. The molecule has 7 nitrogen and oxygen atoms in total. The normalized spacial score (nSPS) is 12.9. The highest BCUT2D eigenvalue weighted by molar-refractivity contribution is 5.97. The SMILES string of the molecule is CC(OC(=O)C(F)(F)F)c1cc(C(=O)Cn2c(=N)n(Cc3ccccc3)c3ccccc32)cc(C(C)(C)C)c1O. The number of nitrogens with zero attached hydrogens (tertiary/aromatic N) is 2. The van der Waals surface area contributed by atoms with Gasteiger partial charge in [-0.1, -0.05) is 63.2 Å². The van der Waals surface area contributed by atoms with Crippen LogP contribution in [-0.4, -0.2) is 32.2 Å². The van der Waals surface area contributed by atoms with E-state index in [-0.39, 0.29) is 29.0 Å². The van der Waals surface area contributed by atoms with E-state index in [1.165, 1.54) is 19.1 Å². The highest BCUT2D eigenvalue weighted by Gasteiger charge is 2.42. The highest BCUT2D eigenvalue weighted by atomic mass is 19.4. The third kappa shape index (κ3) is 5.80. The number of esters is 1. The van der Waals surface area contributed by atoms with E-state index < -0.39 is 29.4 Å². The molecule has 0 saturated carbocycles. The number of hydrogen-bond acceptors (Lipinski definition) is 5. The standard InChI is InChI=1S/C30H30F3N3O4/c1-18(40-27(39)30(31,32)33)21-14-20(15-22(26(21)38)29(2,3)4)25(37)17-36-24-13-9-8-12-23(24)35(28(36)34)16-19-10-6-5-7-11-19/h5-15,18,34,38H,16-17H2,1-4H3. The molecule has 3 aromatic carbocycles. The molecule has 40 heavy (non-hydrogen) atoms. The second-order valence-electron chi connectivity index (χ2n) is 10.7. The number of carbonyl (C=O) groups excluding carboxylic acids is 2. The molecule has 4 rings (SSSR count). The minimum atomic E-state index is -5.21. The van der Waals surface area contributed by atoms with Gasteiger partial charge in [-0.3, -0.25) is 10.2 Å². The fourth-order valence-corrected chi connectivity index (χ4v) is 4.61. The summed E-state index contributed by atoms with van der Waals surface area (Å²) in [4.78, 5) is 25.1. The van der Waals surface area contributed by atoms with Gasteiger partial charge in [0.05, 0.1) is 24.1 Å². The second kappa shape index (κ2) is 10.7. The van der Waals surface area contributed by atoms with Gasteiger partial charge < -0.3 is 19.0 Å². The third-order valence-corrected chi connectivity index (χ3v) is 6.68. The van der Waals surface area contributed by atoms with E-state index in [0.717, 1.165) is 11.1 Å². The van der Waals surface area contributed by atoms with E-state index >= 15 is 0 Å². The number of nitrogens with one attached hydrogen (secondary N) is 1. The predicted molar refractivity (Wildman–Crippen MR) is 143 cm³/mol. The van der Waals surface area contributed by atoms with Crippen LogP contribution in [0.4, 0.5) is 13.2 Å². The van der Waals surface area contributed by atoms with Crippen molar-refractivity contribution in [2.45, 2.75) is 58.5 Å². The minimum Gasteiger partial charge on any atom is -0.507 e. The molecule has 0 aliphatic carbocycles. The fraction of sp³-hybridized carbons (Fsp3) is 0.300. The van der Waals surface area contributed by atoms with Crippen molar-refractivity contribution in [2.24, 2.45) is 0 Å². The van der Waals surface area contributed by atoms with Crippen LogP contribution in [0.25, 0.3) is 11.0 Å². The molecule has 1 heterocycles. The van der Waals surface area contributed by atoms with Crippen LogP contribution in [0.15, 0.2) is 66.7 Å². The number of alkyl halides is 3. The van der Waals surface area contributed by atoms with Crippen LogP contribution in [0.1, 0.15) is 60.8 Å². The van der Waals surface area contributed by atoms with E-state index in [4.69, 9.17) is 5.41 Å². The Labute approximate surface area is 229 Å². The number of imidazole rings is 1. The van der Waals surface area contributed by atoms with E-state index in [0.29, 0.717) is 17.6 Å². The number of phenolic OH excluding ortho intramolecular Hbond substituents is 1. The summed E-state index contributed by atoms with van der Waals surface area (Å²) in [7, 11) is 0. The number of Topliss-reactive ketones (excluding diaryl/α,β-unsaturated/α-hetero) is 1. The number of fused-ring (bicyclic) bond motifs is 1. The number of hydrogen-bond donors (Lipinski definition) is 2. The molecular formula is C30H30F3N3O4. The van der Waals surface area contributed by atoms with Gasteiger partial charge >= 0.3 is 12.1 Å². The first kappa shape index (κ1) is 28.7. The number of rotatable bonds is 7. The van der Waals surface area contributed by atoms with Crippen molar-refractivity contribution < 1.29 is 32.6 Å². The molecule has 0 fully saturated rings. The number of carbonyl (C=O) groups is 2. The van der Waals surface area contributed by atoms with Gasteiger partial charge in [0.1, 0.15) is 11.9 Å². The van der Waals surface area contributed by atoms with Crippen LogP contribution in [-0.2, 0) is 28.0 Å². The largest absolute Gasteiger partial charge is 0.507 e. The predicted octanol–water partition coefficient (Wildman–Crippen LogP) is 6.02. The number of aromatic hydroxyl groups is 1. The molecule has 4 aromatic rings. The topological polar surface area (TPSA) is 97.3 Å². The lowest BCUT2D eigenvalue weighted by atomic mass is 9.83. The van der Waals surface area contributed by atoms with E-state index in [1.54, 1.807) is 29.9 Å². The first-order valence-corrected chi connectivity index (χ1v) is 12.6. The van der Waals surface area contributed by atoms with Crippen molar-refractivity contribution in [3.05, 3.63) is 94.6 Å². The van der Waals surface area contributed by atoms with Gasteiger partial charge in [-0.05, 0) is 42.2 Å². The molecule has 0 aliphatic heterocycles. The molecule has 10 heteroatoms. The molecule has 0 amide bonds. The summed E-state index contributed by atoms with van der Waals surface area (Å²) in [5.41, 5.74) is 2.12. The second-order valence-corrected chi connectivity index (χ2v) is 10.7. The van der Waals surface area contributed by atoms with Crippen LogP contribution < -0.4 is 5.62 Å². The number of ether oxygens (including phenoxy) is 1. The van der Waals surface area contributed by atoms with Gasteiger partial charge in [0.25, 0.3) is 0 Å². The van der Waals surface area contributed by atoms with Crippen molar-refractivity contribution in [1.82, 2.24) is 9.13 Å². The zero-order chi connectivity index (χ0) is 29.4. The molecule has 0 bridgehead atoms. The maximum Gasteiger partial charge on any atom is 0.490 e. The molecule has 0 saturated heterocycles. The van der Waals surface area contributed by atoms with Gasteiger partial charge in [-0.25, -0.2) is 4.79 Å². The zero-order valence-corrected chi connectivity index (χ0v) is 22.5. The third-order valence-electron chi connectivity index (χ3n) is 6.68. The van der Waals surface area contributed by atoms with E-state index in [1.807, 2.05) is 54.6 Å². The summed E-state index contributed by atoms with van der Waals surface area (Å²) >= 11 is 0. The first-order chi connectivity index (χ1) is 18.7. The van der Waals surface area contributed by atoms with Gasteiger partial charge in [-0.2, -0.15) is 13.2 Å². The molecule has 210 valence electrons.